The van der Waals surface area contributed by atoms with Gasteiger partial charge >= 0.3 is 0 Å². The van der Waals surface area contributed by atoms with E-state index in [2.05, 4.69) is 16.0 Å². The number of halogens is 1. The summed E-state index contributed by atoms with van der Waals surface area (Å²) in [4.78, 5) is 23.3. The van der Waals surface area contributed by atoms with Crippen molar-refractivity contribution in [2.75, 3.05) is 13.1 Å². The summed E-state index contributed by atoms with van der Waals surface area (Å²) in [5.41, 5.74) is 1.05. The highest BCUT2D eigenvalue weighted by atomic mass is 35.5. The topological polar surface area (TPSA) is 70.2 Å². The van der Waals surface area contributed by atoms with Gasteiger partial charge in [0.1, 0.15) is 6.04 Å². The van der Waals surface area contributed by atoms with Gasteiger partial charge in [-0.1, -0.05) is 23.7 Å². The van der Waals surface area contributed by atoms with Crippen LogP contribution < -0.4 is 16.0 Å². The quantitative estimate of drug-likeness (QED) is 0.717. The van der Waals surface area contributed by atoms with Crippen LogP contribution in [0.5, 0.6) is 0 Å². The molecule has 0 aliphatic rings. The number of carbonyl (C=O) groups excluding carboxylic acids is 2. The molecule has 1 rings (SSSR count). The van der Waals surface area contributed by atoms with E-state index in [1.165, 1.54) is 0 Å². The molecule has 0 unspecified atom stereocenters. The Morgan fingerprint density at radius 1 is 1.19 bits per heavy atom. The summed E-state index contributed by atoms with van der Waals surface area (Å²) < 4.78 is 0. The van der Waals surface area contributed by atoms with Crippen LogP contribution in [0.15, 0.2) is 24.3 Å². The molecular weight excluding hydrogens is 290 g/mol. The van der Waals surface area contributed by atoms with Gasteiger partial charge in [0.05, 0.1) is 6.54 Å². The van der Waals surface area contributed by atoms with Gasteiger partial charge in [-0.2, -0.15) is 0 Å². The van der Waals surface area contributed by atoms with E-state index in [9.17, 15) is 9.59 Å². The largest absolute Gasteiger partial charge is 0.355 e. The first-order valence-electron chi connectivity index (χ1n) is 7.00. The molecule has 5 nitrogen and oxygen atoms in total. The van der Waals surface area contributed by atoms with E-state index >= 15 is 0 Å². The lowest BCUT2D eigenvalue weighted by molar-refractivity contribution is -0.128. The minimum atomic E-state index is -0.537. The number of benzene rings is 1. The first-order chi connectivity index (χ1) is 9.93. The van der Waals surface area contributed by atoms with Crippen LogP contribution in [0.2, 0.25) is 5.02 Å². The average Bonchev–Trinajstić information content (AvgIpc) is 2.45. The van der Waals surface area contributed by atoms with Crippen LogP contribution in [0.4, 0.5) is 0 Å². The van der Waals surface area contributed by atoms with Gasteiger partial charge in [0.25, 0.3) is 0 Å². The molecular formula is C15H22ClN3O2. The maximum atomic E-state index is 11.8. The summed E-state index contributed by atoms with van der Waals surface area (Å²) in [7, 11) is 0. The van der Waals surface area contributed by atoms with Crippen LogP contribution in [0.1, 0.15) is 32.4 Å². The Morgan fingerprint density at radius 2 is 1.81 bits per heavy atom. The normalized spacial score (nSPS) is 13.3. The maximum absolute atomic E-state index is 11.8. The number of likely N-dealkylation sites (N-methyl/N-ethyl adjacent to an activating group) is 1. The van der Waals surface area contributed by atoms with Gasteiger partial charge in [-0.3, -0.25) is 9.59 Å². The third-order valence-electron chi connectivity index (χ3n) is 3.06. The highest BCUT2D eigenvalue weighted by Gasteiger charge is 2.15. The molecule has 0 aliphatic heterocycles. The van der Waals surface area contributed by atoms with Crippen molar-refractivity contribution < 1.29 is 9.59 Å². The molecule has 116 valence electrons. The Balaban J connectivity index is 2.38. The number of hydrogen-bond acceptors (Lipinski definition) is 3. The van der Waals surface area contributed by atoms with E-state index in [1.807, 2.05) is 38.1 Å². The molecule has 0 heterocycles. The molecule has 3 N–H and O–H groups in total. The lowest BCUT2D eigenvalue weighted by Crippen LogP contribution is -2.47. The van der Waals surface area contributed by atoms with Crippen molar-refractivity contribution in [1.29, 1.82) is 0 Å². The summed E-state index contributed by atoms with van der Waals surface area (Å²) in [6.07, 6.45) is 0. The minimum Gasteiger partial charge on any atom is -0.355 e. The number of hydrogen-bond donors (Lipinski definition) is 3. The first-order valence-corrected chi connectivity index (χ1v) is 7.37. The van der Waals surface area contributed by atoms with Gasteiger partial charge in [-0.05, 0) is 38.5 Å². The van der Waals surface area contributed by atoms with E-state index < -0.39 is 6.04 Å². The number of amides is 2. The van der Waals surface area contributed by atoms with Gasteiger partial charge in [-0.25, -0.2) is 0 Å². The van der Waals surface area contributed by atoms with Gasteiger partial charge in [-0.15, -0.1) is 0 Å². The molecule has 6 heteroatoms. The summed E-state index contributed by atoms with van der Waals surface area (Å²) in [5.74, 6) is -0.397. The molecule has 2 atom stereocenters. The molecule has 0 saturated heterocycles. The van der Waals surface area contributed by atoms with Crippen molar-refractivity contribution >= 4 is 23.4 Å². The van der Waals surface area contributed by atoms with Gasteiger partial charge in [0.2, 0.25) is 11.8 Å². The highest BCUT2D eigenvalue weighted by molar-refractivity contribution is 6.30. The monoisotopic (exact) mass is 311 g/mol. The van der Waals surface area contributed by atoms with Crippen LogP contribution >= 0.6 is 11.6 Å². The van der Waals surface area contributed by atoms with E-state index in [4.69, 9.17) is 11.6 Å². The molecule has 0 aliphatic carbocycles. The van der Waals surface area contributed by atoms with E-state index in [-0.39, 0.29) is 24.4 Å². The number of carbonyl (C=O) groups is 2. The molecule has 0 bridgehead atoms. The molecule has 1 aromatic rings. The Bertz CT molecular complexity index is 476. The second-order valence-electron chi connectivity index (χ2n) is 4.84. The van der Waals surface area contributed by atoms with Crippen molar-refractivity contribution in [3.05, 3.63) is 34.9 Å². The van der Waals surface area contributed by atoms with Crippen molar-refractivity contribution in [2.24, 2.45) is 0 Å². The minimum absolute atomic E-state index is 0.0211. The Kier molecular flexibility index (Phi) is 7.19. The van der Waals surface area contributed by atoms with Crippen LogP contribution in [-0.4, -0.2) is 30.9 Å². The maximum Gasteiger partial charge on any atom is 0.242 e. The Morgan fingerprint density at radius 3 is 2.38 bits per heavy atom. The third-order valence-corrected chi connectivity index (χ3v) is 3.31. The Hall–Kier alpha value is -1.59. The van der Waals surface area contributed by atoms with Gasteiger partial charge in [0, 0.05) is 17.6 Å². The zero-order valence-corrected chi connectivity index (χ0v) is 13.3. The fraction of sp³-hybridized carbons (Fsp3) is 0.467. The van der Waals surface area contributed by atoms with Crippen LogP contribution in [-0.2, 0) is 9.59 Å². The first kappa shape index (κ1) is 17.5. The molecule has 0 aromatic heterocycles. The highest BCUT2D eigenvalue weighted by Crippen LogP contribution is 2.15. The third kappa shape index (κ3) is 6.14. The molecule has 1 aromatic carbocycles. The van der Waals surface area contributed by atoms with Crippen molar-refractivity contribution in [1.82, 2.24) is 16.0 Å². The summed E-state index contributed by atoms with van der Waals surface area (Å²) in [5, 5.41) is 9.09. The summed E-state index contributed by atoms with van der Waals surface area (Å²) in [6.45, 7) is 6.15. The predicted molar refractivity (Wildman–Crippen MR) is 84.2 cm³/mol. The predicted octanol–water partition coefficient (Wildman–Crippen LogP) is 1.63. The van der Waals surface area contributed by atoms with Gasteiger partial charge in [0.15, 0.2) is 0 Å². The SMILES string of the molecule is CCNC(=O)[C@H](C)NC(=O)CN[C@@H](C)c1ccc(Cl)cc1. The molecule has 21 heavy (non-hydrogen) atoms. The number of rotatable bonds is 7. The van der Waals surface area contributed by atoms with Crippen molar-refractivity contribution in [2.45, 2.75) is 32.9 Å². The zero-order valence-electron chi connectivity index (χ0n) is 12.6. The average molecular weight is 312 g/mol. The number of nitrogens with one attached hydrogen (secondary N) is 3. The molecule has 0 saturated carbocycles. The second-order valence-corrected chi connectivity index (χ2v) is 5.27. The Labute approximate surface area is 130 Å². The van der Waals surface area contributed by atoms with Crippen molar-refractivity contribution in [3.8, 4) is 0 Å². The van der Waals surface area contributed by atoms with Gasteiger partial charge < -0.3 is 16.0 Å². The lowest BCUT2D eigenvalue weighted by Gasteiger charge is -2.16. The summed E-state index contributed by atoms with van der Waals surface area (Å²) in [6, 6.07) is 6.93. The van der Waals surface area contributed by atoms with Crippen LogP contribution in [0.3, 0.4) is 0 Å². The lowest BCUT2D eigenvalue weighted by atomic mass is 10.1. The molecule has 0 fully saturated rings. The fourth-order valence-corrected chi connectivity index (χ4v) is 1.93. The van der Waals surface area contributed by atoms with Crippen LogP contribution in [0, 0.1) is 0 Å². The zero-order chi connectivity index (χ0) is 15.8. The van der Waals surface area contributed by atoms with E-state index in [0.29, 0.717) is 11.6 Å². The molecule has 0 spiro atoms. The van der Waals surface area contributed by atoms with E-state index in [1.54, 1.807) is 6.92 Å². The molecule has 2 amide bonds. The van der Waals surface area contributed by atoms with Crippen LogP contribution in [0.25, 0.3) is 0 Å². The summed E-state index contributed by atoms with van der Waals surface area (Å²) >= 11 is 5.83. The fourth-order valence-electron chi connectivity index (χ4n) is 1.80. The second kappa shape index (κ2) is 8.64. The van der Waals surface area contributed by atoms with E-state index in [0.717, 1.165) is 5.56 Å². The van der Waals surface area contributed by atoms with Crippen molar-refractivity contribution in [3.63, 3.8) is 0 Å². The molecule has 0 radical (unpaired) electrons. The standard InChI is InChI=1S/C15H22ClN3O2/c1-4-17-15(21)11(3)19-14(20)9-18-10(2)12-5-7-13(16)8-6-12/h5-8,10-11,18H,4,9H2,1-3H3,(H,17,21)(H,19,20)/t10-,11-/m0/s1. The smallest absolute Gasteiger partial charge is 0.242 e.